The van der Waals surface area contributed by atoms with Crippen molar-refractivity contribution in [2.24, 2.45) is 7.05 Å². The number of nitrogens with zero attached hydrogens (tertiary/aromatic N) is 1. The van der Waals surface area contributed by atoms with E-state index in [4.69, 9.17) is 14.2 Å². The second-order valence-electron chi connectivity index (χ2n) is 5.70. The average Bonchev–Trinajstić information content (AvgIpc) is 2.86. The summed E-state index contributed by atoms with van der Waals surface area (Å²) in [6.07, 6.45) is 0. The van der Waals surface area contributed by atoms with Gasteiger partial charge in [0.1, 0.15) is 13.2 Å². The van der Waals surface area contributed by atoms with Crippen LogP contribution in [0.2, 0.25) is 0 Å². The highest BCUT2D eigenvalue weighted by Crippen LogP contribution is 2.30. The minimum absolute atomic E-state index is 0.220. The first kappa shape index (κ1) is 16.1. The fourth-order valence-corrected chi connectivity index (χ4v) is 2.60. The zero-order valence-electron chi connectivity index (χ0n) is 13.9. The molecule has 1 aromatic carbocycles. The lowest BCUT2D eigenvalue weighted by Gasteiger charge is -2.18. The van der Waals surface area contributed by atoms with E-state index < -0.39 is 5.97 Å². The largest absolute Gasteiger partial charge is 0.486 e. The topological polar surface area (TPSA) is 66.8 Å². The zero-order chi connectivity index (χ0) is 17.3. The van der Waals surface area contributed by atoms with E-state index in [1.165, 1.54) is 0 Å². The molecule has 2 aromatic rings. The number of esters is 1. The lowest BCUT2D eigenvalue weighted by molar-refractivity contribution is 0.0473. The van der Waals surface area contributed by atoms with E-state index in [0.29, 0.717) is 35.8 Å². The normalized spacial score (nSPS) is 12.8. The molecule has 24 heavy (non-hydrogen) atoms. The quantitative estimate of drug-likeness (QED) is 0.637. The van der Waals surface area contributed by atoms with Crippen molar-refractivity contribution in [2.45, 2.75) is 13.8 Å². The molecular formula is C18H19NO5. The molecule has 0 amide bonds. The molecule has 0 fully saturated rings. The van der Waals surface area contributed by atoms with E-state index in [2.05, 4.69) is 0 Å². The standard InChI is InChI=1S/C18H19NO5/c1-11-8-14(12(2)19(11)3)15(20)10-24-18(21)13-4-5-16-17(9-13)23-7-6-22-16/h4-5,8-9H,6-7,10H2,1-3H3. The molecule has 0 bridgehead atoms. The van der Waals surface area contributed by atoms with Gasteiger partial charge in [0.2, 0.25) is 5.78 Å². The van der Waals surface area contributed by atoms with E-state index in [-0.39, 0.29) is 12.4 Å². The highest BCUT2D eigenvalue weighted by atomic mass is 16.6. The molecule has 0 spiro atoms. The Hall–Kier alpha value is -2.76. The van der Waals surface area contributed by atoms with Crippen molar-refractivity contribution in [3.63, 3.8) is 0 Å². The molecule has 0 N–H and O–H groups in total. The number of fused-ring (bicyclic) bond motifs is 1. The molecule has 1 aromatic heterocycles. The number of rotatable bonds is 4. The second kappa shape index (κ2) is 6.39. The number of Topliss-reactive ketones (excluding diaryl/α,β-unsaturated/α-hetero) is 1. The van der Waals surface area contributed by atoms with Crippen LogP contribution >= 0.6 is 0 Å². The summed E-state index contributed by atoms with van der Waals surface area (Å²) in [4.78, 5) is 24.4. The third-order valence-corrected chi connectivity index (χ3v) is 4.19. The van der Waals surface area contributed by atoms with Crippen LogP contribution in [0, 0.1) is 13.8 Å². The summed E-state index contributed by atoms with van der Waals surface area (Å²) in [6, 6.07) is 6.63. The van der Waals surface area contributed by atoms with Crippen LogP contribution in [0.5, 0.6) is 11.5 Å². The number of benzene rings is 1. The number of ketones is 1. The molecule has 0 aliphatic carbocycles. The van der Waals surface area contributed by atoms with Crippen molar-refractivity contribution in [2.75, 3.05) is 19.8 Å². The van der Waals surface area contributed by atoms with E-state index in [1.54, 1.807) is 24.3 Å². The summed E-state index contributed by atoms with van der Waals surface area (Å²) in [5, 5.41) is 0. The second-order valence-corrected chi connectivity index (χ2v) is 5.70. The van der Waals surface area contributed by atoms with E-state index >= 15 is 0 Å². The van der Waals surface area contributed by atoms with Crippen LogP contribution in [-0.2, 0) is 11.8 Å². The lowest BCUT2D eigenvalue weighted by Crippen LogP contribution is -2.17. The molecule has 2 heterocycles. The Morgan fingerprint density at radius 2 is 1.83 bits per heavy atom. The monoisotopic (exact) mass is 329 g/mol. The fraction of sp³-hybridized carbons (Fsp3) is 0.333. The van der Waals surface area contributed by atoms with Gasteiger partial charge in [-0.2, -0.15) is 0 Å². The maximum atomic E-state index is 12.3. The summed E-state index contributed by atoms with van der Waals surface area (Å²) in [5.74, 6) is 0.327. The summed E-state index contributed by atoms with van der Waals surface area (Å²) in [7, 11) is 1.89. The first-order valence-electron chi connectivity index (χ1n) is 7.70. The van der Waals surface area contributed by atoms with Gasteiger partial charge in [0, 0.05) is 24.0 Å². The van der Waals surface area contributed by atoms with Crippen molar-refractivity contribution in [3.8, 4) is 11.5 Å². The molecule has 0 saturated heterocycles. The van der Waals surface area contributed by atoms with E-state index in [9.17, 15) is 9.59 Å². The Morgan fingerprint density at radius 1 is 1.12 bits per heavy atom. The maximum Gasteiger partial charge on any atom is 0.338 e. The van der Waals surface area contributed by atoms with Crippen LogP contribution in [0.15, 0.2) is 24.3 Å². The summed E-state index contributed by atoms with van der Waals surface area (Å²) < 4.78 is 17.9. The van der Waals surface area contributed by atoms with Crippen LogP contribution in [0.4, 0.5) is 0 Å². The number of hydrogen-bond donors (Lipinski definition) is 0. The minimum Gasteiger partial charge on any atom is -0.486 e. The number of ether oxygens (including phenoxy) is 3. The highest BCUT2D eigenvalue weighted by Gasteiger charge is 2.19. The van der Waals surface area contributed by atoms with Gasteiger partial charge in [-0.1, -0.05) is 0 Å². The van der Waals surface area contributed by atoms with Gasteiger partial charge >= 0.3 is 5.97 Å². The summed E-state index contributed by atoms with van der Waals surface area (Å²) >= 11 is 0. The molecular weight excluding hydrogens is 310 g/mol. The minimum atomic E-state index is -0.564. The maximum absolute atomic E-state index is 12.3. The molecule has 6 nitrogen and oxygen atoms in total. The predicted molar refractivity (Wildman–Crippen MR) is 86.9 cm³/mol. The smallest absolute Gasteiger partial charge is 0.338 e. The Labute approximate surface area is 139 Å². The third kappa shape index (κ3) is 2.99. The number of carbonyl (C=O) groups is 2. The third-order valence-electron chi connectivity index (χ3n) is 4.19. The van der Waals surface area contributed by atoms with Crippen molar-refractivity contribution >= 4 is 11.8 Å². The molecule has 126 valence electrons. The van der Waals surface area contributed by atoms with Crippen LogP contribution in [0.1, 0.15) is 32.1 Å². The molecule has 0 atom stereocenters. The number of aryl methyl sites for hydroxylation is 1. The van der Waals surface area contributed by atoms with Gasteiger partial charge in [-0.05, 0) is 38.1 Å². The van der Waals surface area contributed by atoms with Crippen LogP contribution in [0.3, 0.4) is 0 Å². The van der Waals surface area contributed by atoms with Crippen molar-refractivity contribution in [3.05, 3.63) is 46.8 Å². The fourth-order valence-electron chi connectivity index (χ4n) is 2.60. The predicted octanol–water partition coefficient (Wildman–Crippen LogP) is 2.45. The van der Waals surface area contributed by atoms with Gasteiger partial charge in [-0.15, -0.1) is 0 Å². The Balaban J connectivity index is 1.67. The summed E-state index contributed by atoms with van der Waals surface area (Å²) in [5.41, 5.74) is 2.74. The summed E-state index contributed by atoms with van der Waals surface area (Å²) in [6.45, 7) is 4.42. The Kier molecular flexibility index (Phi) is 4.29. The van der Waals surface area contributed by atoms with Crippen molar-refractivity contribution in [1.29, 1.82) is 0 Å². The lowest BCUT2D eigenvalue weighted by atomic mass is 10.1. The van der Waals surface area contributed by atoms with Crippen LogP contribution < -0.4 is 9.47 Å². The molecule has 1 aliphatic rings. The molecule has 0 unspecified atom stereocenters. The first-order valence-corrected chi connectivity index (χ1v) is 7.70. The average molecular weight is 329 g/mol. The van der Waals surface area contributed by atoms with Gasteiger partial charge < -0.3 is 18.8 Å². The first-order chi connectivity index (χ1) is 11.5. The Morgan fingerprint density at radius 3 is 2.50 bits per heavy atom. The van der Waals surface area contributed by atoms with E-state index in [1.807, 2.05) is 25.5 Å². The van der Waals surface area contributed by atoms with Crippen molar-refractivity contribution < 1.29 is 23.8 Å². The van der Waals surface area contributed by atoms with Crippen molar-refractivity contribution in [1.82, 2.24) is 4.57 Å². The molecule has 1 aliphatic heterocycles. The Bertz CT molecular complexity index is 806. The number of hydrogen-bond acceptors (Lipinski definition) is 5. The van der Waals surface area contributed by atoms with Gasteiger partial charge in [0.05, 0.1) is 5.56 Å². The highest BCUT2D eigenvalue weighted by molar-refractivity contribution is 6.00. The molecule has 0 saturated carbocycles. The van der Waals surface area contributed by atoms with E-state index in [0.717, 1.165) is 11.4 Å². The van der Waals surface area contributed by atoms with Gasteiger partial charge in [-0.25, -0.2) is 4.79 Å². The molecule has 6 heteroatoms. The SMILES string of the molecule is Cc1cc(C(=O)COC(=O)c2ccc3c(c2)OCCO3)c(C)n1C. The number of carbonyl (C=O) groups excluding carboxylic acids is 2. The van der Waals surface area contributed by atoms with Crippen LogP contribution in [0.25, 0.3) is 0 Å². The van der Waals surface area contributed by atoms with Gasteiger partial charge in [-0.3, -0.25) is 4.79 Å². The molecule has 0 radical (unpaired) electrons. The van der Waals surface area contributed by atoms with Gasteiger partial charge in [0.25, 0.3) is 0 Å². The van der Waals surface area contributed by atoms with Gasteiger partial charge in [0.15, 0.2) is 18.1 Å². The van der Waals surface area contributed by atoms with Crippen LogP contribution in [-0.4, -0.2) is 36.1 Å². The number of aromatic nitrogens is 1. The zero-order valence-corrected chi connectivity index (χ0v) is 13.9. The molecule has 3 rings (SSSR count).